The summed E-state index contributed by atoms with van der Waals surface area (Å²) in [5, 5.41) is 0. The van der Waals surface area contributed by atoms with Crippen molar-refractivity contribution in [1.82, 2.24) is 4.90 Å². The summed E-state index contributed by atoms with van der Waals surface area (Å²) in [5.41, 5.74) is 1.78. The van der Waals surface area contributed by atoms with Gasteiger partial charge in [-0.05, 0) is 18.4 Å². The van der Waals surface area contributed by atoms with Crippen LogP contribution in [-0.4, -0.2) is 16.6 Å². The van der Waals surface area contributed by atoms with Crippen LogP contribution in [0, 0.1) is 5.41 Å². The van der Waals surface area contributed by atoms with Crippen LogP contribution in [0.5, 0.6) is 0 Å². The van der Waals surface area contributed by atoms with Crippen molar-refractivity contribution >= 4 is 11.7 Å². The number of benzene rings is 1. The monoisotopic (exact) mass is 269 g/mol. The molecule has 0 spiro atoms. The third-order valence-corrected chi connectivity index (χ3v) is 4.24. The van der Waals surface area contributed by atoms with Crippen LogP contribution < -0.4 is 0 Å². The van der Waals surface area contributed by atoms with Gasteiger partial charge < -0.3 is 4.90 Å². The molecule has 1 amide bonds. The van der Waals surface area contributed by atoms with Crippen molar-refractivity contribution in [2.24, 2.45) is 5.41 Å². The first kappa shape index (κ1) is 13.1. The fourth-order valence-electron chi connectivity index (χ4n) is 2.58. The summed E-state index contributed by atoms with van der Waals surface area (Å²) < 4.78 is 0. The quantitative estimate of drug-likeness (QED) is 0.842. The van der Waals surface area contributed by atoms with E-state index in [1.165, 1.54) is 0 Å². The number of carbonyl (C=O) groups excluding carboxylic acids is 2. The highest BCUT2D eigenvalue weighted by Crippen LogP contribution is 2.47. The second kappa shape index (κ2) is 4.89. The molecule has 3 nitrogen and oxygen atoms in total. The molecule has 1 saturated carbocycles. The molecule has 2 aliphatic carbocycles. The van der Waals surface area contributed by atoms with Crippen LogP contribution in [0.15, 0.2) is 42.1 Å². The van der Waals surface area contributed by atoms with Gasteiger partial charge in [0, 0.05) is 24.0 Å². The first-order chi connectivity index (χ1) is 9.58. The fourth-order valence-corrected chi connectivity index (χ4v) is 2.58. The molecule has 0 radical (unpaired) electrons. The molecule has 0 bridgehead atoms. The lowest BCUT2D eigenvalue weighted by Gasteiger charge is -2.27. The highest BCUT2D eigenvalue weighted by molar-refractivity contribution is 5.90. The summed E-state index contributed by atoms with van der Waals surface area (Å²) in [5.74, 6) is 0.370. The number of hydrogen-bond donors (Lipinski definition) is 0. The first-order valence-electron chi connectivity index (χ1n) is 7.15. The van der Waals surface area contributed by atoms with E-state index in [1.807, 2.05) is 48.2 Å². The van der Waals surface area contributed by atoms with Gasteiger partial charge in [-0.15, -0.1) is 0 Å². The zero-order valence-corrected chi connectivity index (χ0v) is 11.8. The molecule has 0 saturated heterocycles. The fraction of sp³-hybridized carbons (Fsp3) is 0.412. The molecular formula is C17H19NO2. The summed E-state index contributed by atoms with van der Waals surface area (Å²) in [6, 6.07) is 9.96. The van der Waals surface area contributed by atoms with E-state index in [9.17, 15) is 9.59 Å². The van der Waals surface area contributed by atoms with Crippen LogP contribution in [-0.2, 0) is 16.1 Å². The van der Waals surface area contributed by atoms with Gasteiger partial charge in [0.2, 0.25) is 5.91 Å². The van der Waals surface area contributed by atoms with Crippen molar-refractivity contribution in [3.8, 4) is 0 Å². The number of hydrogen-bond acceptors (Lipinski definition) is 2. The van der Waals surface area contributed by atoms with E-state index in [0.29, 0.717) is 19.4 Å². The van der Waals surface area contributed by atoms with Gasteiger partial charge in [0.25, 0.3) is 0 Å². The minimum absolute atomic E-state index is 0.169. The van der Waals surface area contributed by atoms with E-state index in [1.54, 1.807) is 0 Å². The van der Waals surface area contributed by atoms with Crippen LogP contribution in [0.3, 0.4) is 0 Å². The van der Waals surface area contributed by atoms with Gasteiger partial charge in [-0.2, -0.15) is 0 Å². The second-order valence-electron chi connectivity index (χ2n) is 6.05. The van der Waals surface area contributed by atoms with Crippen molar-refractivity contribution in [2.75, 3.05) is 0 Å². The highest BCUT2D eigenvalue weighted by atomic mass is 16.2. The zero-order valence-electron chi connectivity index (χ0n) is 11.8. The molecule has 3 rings (SSSR count). The maximum Gasteiger partial charge on any atom is 0.232 e. The van der Waals surface area contributed by atoms with Crippen molar-refractivity contribution in [2.45, 2.75) is 39.2 Å². The number of Topliss-reactive ketones (excluding diaryl/α,β-unsaturated/α-hetero) is 1. The standard InChI is InChI=1S/C17H19NO2/c1-17(9-10-17)16(20)18(14-7-8-15(19)11-14)12-13-5-3-2-4-6-13/h2-7H,8-12H2,1H3. The SMILES string of the molecule is CC1(C(=O)N(Cc2ccccc2)C2=CCC(=O)C2)CC1. The molecule has 1 fully saturated rings. The average Bonchev–Trinajstić information content (AvgIpc) is 3.06. The number of amides is 1. The molecule has 104 valence electrons. The Balaban J connectivity index is 1.84. The van der Waals surface area contributed by atoms with E-state index < -0.39 is 0 Å². The predicted molar refractivity (Wildman–Crippen MR) is 76.7 cm³/mol. The largest absolute Gasteiger partial charge is 0.311 e. The van der Waals surface area contributed by atoms with Gasteiger partial charge in [0.1, 0.15) is 5.78 Å². The van der Waals surface area contributed by atoms with E-state index in [0.717, 1.165) is 24.1 Å². The van der Waals surface area contributed by atoms with E-state index in [2.05, 4.69) is 0 Å². The molecule has 0 unspecified atom stereocenters. The van der Waals surface area contributed by atoms with Gasteiger partial charge in [0.15, 0.2) is 0 Å². The molecule has 0 N–H and O–H groups in total. The lowest BCUT2D eigenvalue weighted by Crippen LogP contribution is -2.35. The number of carbonyl (C=O) groups is 2. The minimum Gasteiger partial charge on any atom is -0.311 e. The van der Waals surface area contributed by atoms with Crippen molar-refractivity contribution in [1.29, 1.82) is 0 Å². The Bertz CT molecular complexity index is 570. The van der Waals surface area contributed by atoms with Gasteiger partial charge in [0.05, 0.1) is 6.54 Å². The molecule has 20 heavy (non-hydrogen) atoms. The summed E-state index contributed by atoms with van der Waals surface area (Å²) in [6.45, 7) is 2.58. The Morgan fingerprint density at radius 1 is 1.25 bits per heavy atom. The number of nitrogens with zero attached hydrogens (tertiary/aromatic N) is 1. The van der Waals surface area contributed by atoms with Crippen molar-refractivity contribution in [3.63, 3.8) is 0 Å². The van der Waals surface area contributed by atoms with Crippen LogP contribution in [0.2, 0.25) is 0 Å². The van der Waals surface area contributed by atoms with Gasteiger partial charge in [-0.25, -0.2) is 0 Å². The summed E-state index contributed by atoms with van der Waals surface area (Å²) in [4.78, 5) is 26.0. The maximum atomic E-state index is 12.7. The zero-order chi connectivity index (χ0) is 14.2. The van der Waals surface area contributed by atoms with Gasteiger partial charge in [-0.3, -0.25) is 9.59 Å². The Labute approximate surface area is 119 Å². The van der Waals surface area contributed by atoms with Crippen molar-refractivity contribution < 1.29 is 9.59 Å². The average molecular weight is 269 g/mol. The Morgan fingerprint density at radius 3 is 2.50 bits per heavy atom. The third-order valence-electron chi connectivity index (χ3n) is 4.24. The normalized spacial score (nSPS) is 19.6. The van der Waals surface area contributed by atoms with Crippen LogP contribution in [0.25, 0.3) is 0 Å². The summed E-state index contributed by atoms with van der Waals surface area (Å²) in [6.07, 6.45) is 4.69. The molecule has 2 aliphatic rings. The van der Waals surface area contributed by atoms with Gasteiger partial charge >= 0.3 is 0 Å². The Kier molecular flexibility index (Phi) is 3.20. The smallest absolute Gasteiger partial charge is 0.232 e. The van der Waals surface area contributed by atoms with Crippen LogP contribution >= 0.6 is 0 Å². The minimum atomic E-state index is -0.207. The Hall–Kier alpha value is -1.90. The number of rotatable bonds is 4. The molecule has 0 heterocycles. The van der Waals surface area contributed by atoms with Gasteiger partial charge in [-0.1, -0.05) is 43.3 Å². The third kappa shape index (κ3) is 2.53. The second-order valence-corrected chi connectivity index (χ2v) is 6.05. The van der Waals surface area contributed by atoms with E-state index >= 15 is 0 Å². The summed E-state index contributed by atoms with van der Waals surface area (Å²) >= 11 is 0. The molecule has 0 aliphatic heterocycles. The van der Waals surface area contributed by atoms with Crippen LogP contribution in [0.4, 0.5) is 0 Å². The lowest BCUT2D eigenvalue weighted by atomic mass is 10.1. The summed E-state index contributed by atoms with van der Waals surface area (Å²) in [7, 11) is 0. The van der Waals surface area contributed by atoms with Crippen LogP contribution in [0.1, 0.15) is 38.2 Å². The van der Waals surface area contributed by atoms with E-state index in [-0.39, 0.29) is 17.1 Å². The predicted octanol–water partition coefficient (Wildman–Crippen LogP) is 3.06. The molecule has 0 aromatic heterocycles. The molecule has 1 aromatic carbocycles. The lowest BCUT2D eigenvalue weighted by molar-refractivity contribution is -0.135. The van der Waals surface area contributed by atoms with Crippen molar-refractivity contribution in [3.05, 3.63) is 47.7 Å². The highest BCUT2D eigenvalue weighted by Gasteiger charge is 2.48. The topological polar surface area (TPSA) is 37.4 Å². The molecule has 0 atom stereocenters. The van der Waals surface area contributed by atoms with E-state index in [4.69, 9.17) is 0 Å². The maximum absolute atomic E-state index is 12.7. The molecule has 1 aromatic rings. The Morgan fingerprint density at radius 2 is 1.95 bits per heavy atom. The number of ketones is 1. The number of allylic oxidation sites excluding steroid dienone is 2. The molecular weight excluding hydrogens is 250 g/mol. The molecule has 3 heteroatoms. The first-order valence-corrected chi connectivity index (χ1v) is 7.15.